The Morgan fingerprint density at radius 3 is 2.50 bits per heavy atom. The van der Waals surface area contributed by atoms with E-state index in [-0.39, 0.29) is 5.96 Å². The van der Waals surface area contributed by atoms with Crippen molar-refractivity contribution in [2.75, 3.05) is 11.9 Å². The molecule has 1 aliphatic heterocycles. The summed E-state index contributed by atoms with van der Waals surface area (Å²) in [5.41, 5.74) is 6.76. The Balaban J connectivity index is 1.96. The molecule has 26 heavy (non-hydrogen) atoms. The van der Waals surface area contributed by atoms with Gasteiger partial charge in [-0.3, -0.25) is 10.2 Å². The van der Waals surface area contributed by atoms with Crippen LogP contribution in [-0.4, -0.2) is 46.5 Å². The van der Waals surface area contributed by atoms with E-state index >= 15 is 0 Å². The molecule has 9 nitrogen and oxygen atoms in total. The molecule has 1 fully saturated rings. The van der Waals surface area contributed by atoms with Crippen molar-refractivity contribution in [1.82, 2.24) is 10.2 Å². The Morgan fingerprint density at radius 2 is 1.96 bits per heavy atom. The first kappa shape index (κ1) is 19.2. The summed E-state index contributed by atoms with van der Waals surface area (Å²) in [4.78, 5) is 36.8. The molecule has 1 saturated heterocycles. The van der Waals surface area contributed by atoms with Crippen LogP contribution in [0.5, 0.6) is 0 Å². The number of β-lactam (4-membered cyclic amide) rings is 1. The number of anilines is 1. The fraction of sp³-hybridized carbons (Fsp3) is 0.412. The summed E-state index contributed by atoms with van der Waals surface area (Å²) in [5, 5.41) is 21.6. The van der Waals surface area contributed by atoms with E-state index in [4.69, 9.17) is 11.1 Å². The van der Waals surface area contributed by atoms with E-state index in [1.165, 1.54) is 0 Å². The highest BCUT2D eigenvalue weighted by atomic mass is 16.4. The first-order chi connectivity index (χ1) is 12.3. The molecule has 0 aliphatic carbocycles. The van der Waals surface area contributed by atoms with Crippen LogP contribution in [0.1, 0.15) is 25.3 Å². The summed E-state index contributed by atoms with van der Waals surface area (Å²) < 4.78 is 0. The first-order valence-electron chi connectivity index (χ1n) is 8.38. The predicted octanol–water partition coefficient (Wildman–Crippen LogP) is 0.956. The molecule has 9 heteroatoms. The fourth-order valence-electron chi connectivity index (χ4n) is 2.89. The van der Waals surface area contributed by atoms with Crippen molar-refractivity contribution < 1.29 is 19.5 Å². The first-order valence-corrected chi connectivity index (χ1v) is 8.38. The van der Waals surface area contributed by atoms with Crippen LogP contribution in [-0.2, 0) is 16.0 Å². The minimum atomic E-state index is -1.22. The molecule has 0 bridgehead atoms. The van der Waals surface area contributed by atoms with Gasteiger partial charge in [0.05, 0.1) is 5.92 Å². The Morgan fingerprint density at radius 1 is 1.31 bits per heavy atom. The Bertz CT molecular complexity index is 704. The van der Waals surface area contributed by atoms with Crippen molar-refractivity contribution in [3.8, 4) is 0 Å². The molecule has 1 aromatic rings. The average molecular weight is 361 g/mol. The molecule has 6 N–H and O–H groups in total. The number of imide groups is 1. The molecular weight excluding hydrogens is 338 g/mol. The average Bonchev–Trinajstić information content (AvgIpc) is 2.59. The number of carboxylic acids is 1. The second-order valence-electron chi connectivity index (χ2n) is 6.06. The smallest absolute Gasteiger partial charge is 0.329 e. The topological polar surface area (TPSA) is 149 Å². The minimum Gasteiger partial charge on any atom is -0.480 e. The highest BCUT2D eigenvalue weighted by Gasteiger charge is 2.54. The zero-order chi connectivity index (χ0) is 19.3. The van der Waals surface area contributed by atoms with Crippen LogP contribution in [0.25, 0.3) is 0 Å². The summed E-state index contributed by atoms with van der Waals surface area (Å²) in [5.74, 6) is -2.67. The second-order valence-corrected chi connectivity index (χ2v) is 6.06. The third-order valence-electron chi connectivity index (χ3n) is 4.31. The van der Waals surface area contributed by atoms with Gasteiger partial charge in [0.2, 0.25) is 5.91 Å². The monoisotopic (exact) mass is 361 g/mol. The van der Waals surface area contributed by atoms with Gasteiger partial charge in [0.15, 0.2) is 12.0 Å². The summed E-state index contributed by atoms with van der Waals surface area (Å²) in [7, 11) is 0. The maximum absolute atomic E-state index is 12.3. The number of hydrogen-bond donors (Lipinski definition) is 5. The van der Waals surface area contributed by atoms with Crippen LogP contribution in [0, 0.1) is 11.3 Å². The molecule has 2 rings (SSSR count). The fourth-order valence-corrected chi connectivity index (χ4v) is 2.89. The maximum Gasteiger partial charge on any atom is 0.329 e. The van der Waals surface area contributed by atoms with Crippen LogP contribution in [0.4, 0.5) is 10.5 Å². The number of carbonyl (C=O) groups is 3. The molecule has 2 atom stereocenters. The van der Waals surface area contributed by atoms with Gasteiger partial charge in [0.1, 0.15) is 0 Å². The predicted molar refractivity (Wildman–Crippen MR) is 95.7 cm³/mol. The Labute approximate surface area is 151 Å². The number of aryl methyl sites for hydroxylation is 1. The van der Waals surface area contributed by atoms with Gasteiger partial charge in [-0.1, -0.05) is 19.1 Å². The number of nitrogens with two attached hydrogens (primary N) is 1. The molecule has 1 aromatic carbocycles. The zero-order valence-corrected chi connectivity index (χ0v) is 14.5. The van der Waals surface area contributed by atoms with Crippen molar-refractivity contribution in [3.05, 3.63) is 29.8 Å². The molecule has 3 amide bonds. The minimum absolute atomic E-state index is 0.185. The summed E-state index contributed by atoms with van der Waals surface area (Å²) >= 11 is 0. The van der Waals surface area contributed by atoms with E-state index in [1.54, 1.807) is 12.1 Å². The number of likely N-dealkylation sites (tertiary alicyclic amines) is 1. The molecule has 0 aromatic heterocycles. The van der Waals surface area contributed by atoms with Crippen LogP contribution >= 0.6 is 0 Å². The van der Waals surface area contributed by atoms with Crippen molar-refractivity contribution in [1.29, 1.82) is 5.41 Å². The third kappa shape index (κ3) is 4.29. The van der Waals surface area contributed by atoms with E-state index < -0.39 is 29.9 Å². The molecule has 140 valence electrons. The summed E-state index contributed by atoms with van der Waals surface area (Å²) in [6.07, 6.45) is 1.62. The number of carbonyl (C=O) groups excluding carboxylic acids is 2. The zero-order valence-electron chi connectivity index (χ0n) is 14.5. The van der Waals surface area contributed by atoms with Crippen molar-refractivity contribution in [3.63, 3.8) is 0 Å². The van der Waals surface area contributed by atoms with Gasteiger partial charge in [0, 0.05) is 12.2 Å². The number of guanidine groups is 1. The van der Waals surface area contributed by atoms with Crippen molar-refractivity contribution in [2.24, 2.45) is 11.7 Å². The van der Waals surface area contributed by atoms with Gasteiger partial charge in [0.25, 0.3) is 0 Å². The van der Waals surface area contributed by atoms with Gasteiger partial charge in [-0.2, -0.15) is 0 Å². The standard InChI is InChI=1S/C17H23N5O4/c1-2-10-5-7-11(8-6-10)21-17(26)22-13(15(24)25)12(14(22)23)4-3-9-20-16(18)19/h5-8,12-13H,2-4,9H2,1H3,(H,21,26)(H,24,25)(H4,18,19,20)/t12-,13+/m1/s1. The lowest BCUT2D eigenvalue weighted by Crippen LogP contribution is -2.67. The molecule has 1 aliphatic rings. The molecule has 1 heterocycles. The maximum atomic E-state index is 12.3. The number of nitrogens with one attached hydrogen (secondary N) is 3. The molecule has 0 unspecified atom stereocenters. The number of aliphatic carboxylic acids is 1. The van der Waals surface area contributed by atoms with E-state index in [1.807, 2.05) is 19.1 Å². The highest BCUT2D eigenvalue weighted by Crippen LogP contribution is 2.31. The molecule has 0 radical (unpaired) electrons. The Kier molecular flexibility index (Phi) is 6.16. The van der Waals surface area contributed by atoms with Crippen LogP contribution in [0.15, 0.2) is 24.3 Å². The quantitative estimate of drug-likeness (QED) is 0.211. The molecule has 0 saturated carbocycles. The van der Waals surface area contributed by atoms with E-state index in [0.717, 1.165) is 16.9 Å². The van der Waals surface area contributed by atoms with Crippen LogP contribution in [0.2, 0.25) is 0 Å². The summed E-state index contributed by atoms with van der Waals surface area (Å²) in [6.45, 7) is 2.37. The second kappa shape index (κ2) is 8.32. The van der Waals surface area contributed by atoms with Gasteiger partial charge in [-0.05, 0) is 37.0 Å². The lowest BCUT2D eigenvalue weighted by molar-refractivity contribution is -0.165. The molecule has 0 spiro atoms. The van der Waals surface area contributed by atoms with Gasteiger partial charge in [-0.25, -0.2) is 14.5 Å². The SMILES string of the molecule is CCc1ccc(NC(=O)N2C(=O)[C@H](CCCNC(=N)N)[C@H]2C(=O)O)cc1. The van der Waals surface area contributed by atoms with Crippen LogP contribution in [0.3, 0.4) is 0 Å². The van der Waals surface area contributed by atoms with E-state index in [2.05, 4.69) is 10.6 Å². The number of hydrogen-bond acceptors (Lipinski definition) is 4. The number of amides is 3. The highest BCUT2D eigenvalue weighted by molar-refractivity contribution is 6.11. The largest absolute Gasteiger partial charge is 0.480 e. The Hall–Kier alpha value is -3.10. The van der Waals surface area contributed by atoms with Gasteiger partial charge >= 0.3 is 12.0 Å². The van der Waals surface area contributed by atoms with Gasteiger partial charge in [-0.15, -0.1) is 0 Å². The number of rotatable bonds is 7. The normalized spacial score (nSPS) is 18.8. The lowest BCUT2D eigenvalue weighted by Gasteiger charge is -2.42. The van der Waals surface area contributed by atoms with Gasteiger partial charge < -0.3 is 21.5 Å². The van der Waals surface area contributed by atoms with Crippen molar-refractivity contribution >= 4 is 29.6 Å². The number of carboxylic acid groups (broad SMARTS) is 1. The summed E-state index contributed by atoms with van der Waals surface area (Å²) in [6, 6.07) is 5.20. The van der Waals surface area contributed by atoms with Crippen LogP contribution < -0.4 is 16.4 Å². The number of benzene rings is 1. The third-order valence-corrected chi connectivity index (χ3v) is 4.31. The van der Waals surface area contributed by atoms with Crippen molar-refractivity contribution in [2.45, 2.75) is 32.2 Å². The van der Waals surface area contributed by atoms with E-state index in [0.29, 0.717) is 25.1 Å². The number of nitrogens with zero attached hydrogens (tertiary/aromatic N) is 1. The number of urea groups is 1. The lowest BCUT2D eigenvalue weighted by atomic mass is 9.84. The molecular formula is C17H23N5O4. The van der Waals surface area contributed by atoms with E-state index in [9.17, 15) is 19.5 Å².